The molecule has 1 aromatic rings. The van der Waals surface area contributed by atoms with Crippen molar-refractivity contribution < 1.29 is 9.84 Å². The molecule has 1 aromatic carbocycles. The molecule has 18 heavy (non-hydrogen) atoms. The fourth-order valence-corrected chi connectivity index (χ4v) is 2.22. The molecule has 0 radical (unpaired) electrons. The highest BCUT2D eigenvalue weighted by Gasteiger charge is 2.24. The molecule has 3 atom stereocenters. The zero-order valence-corrected chi connectivity index (χ0v) is 12.8. The van der Waals surface area contributed by atoms with E-state index in [1.807, 2.05) is 39.0 Å². The predicted octanol–water partition coefficient (Wildman–Crippen LogP) is 3.25. The number of nitrogens with two attached hydrogens (primary N) is 1. The molecule has 1 rings (SSSR count). The molecular formula is C14H22BrNO2. The summed E-state index contributed by atoms with van der Waals surface area (Å²) in [5.74, 6) is 0.906. The van der Waals surface area contributed by atoms with Crippen LogP contribution in [0.1, 0.15) is 38.8 Å². The van der Waals surface area contributed by atoms with Crippen LogP contribution in [0.5, 0.6) is 5.75 Å². The van der Waals surface area contributed by atoms with Crippen molar-refractivity contribution in [2.75, 3.05) is 6.61 Å². The highest BCUT2D eigenvalue weighted by Crippen LogP contribution is 2.31. The van der Waals surface area contributed by atoms with Gasteiger partial charge < -0.3 is 15.6 Å². The number of aliphatic hydroxyl groups is 1. The first-order chi connectivity index (χ1) is 8.51. The SMILES string of the molecule is CCOc1ccc(Br)cc1[C@@H](N)[C@@H](O)C(C)CC. The van der Waals surface area contributed by atoms with E-state index in [0.717, 1.165) is 22.2 Å². The van der Waals surface area contributed by atoms with Crippen molar-refractivity contribution in [3.8, 4) is 5.75 Å². The van der Waals surface area contributed by atoms with E-state index in [9.17, 15) is 5.11 Å². The van der Waals surface area contributed by atoms with E-state index in [1.54, 1.807) is 0 Å². The third kappa shape index (κ3) is 3.70. The molecule has 0 saturated carbocycles. The molecule has 0 saturated heterocycles. The first-order valence-corrected chi connectivity index (χ1v) is 7.16. The van der Waals surface area contributed by atoms with E-state index in [0.29, 0.717) is 6.61 Å². The van der Waals surface area contributed by atoms with Crippen molar-refractivity contribution in [2.24, 2.45) is 11.7 Å². The number of benzene rings is 1. The maximum absolute atomic E-state index is 10.2. The Balaban J connectivity index is 3.02. The molecule has 1 unspecified atom stereocenters. The Labute approximate surface area is 117 Å². The second-order valence-corrected chi connectivity index (χ2v) is 5.43. The zero-order chi connectivity index (χ0) is 13.7. The van der Waals surface area contributed by atoms with Crippen LogP contribution in [-0.2, 0) is 0 Å². The summed E-state index contributed by atoms with van der Waals surface area (Å²) in [4.78, 5) is 0. The molecule has 0 aliphatic heterocycles. The van der Waals surface area contributed by atoms with Gasteiger partial charge in [-0.1, -0.05) is 36.2 Å². The molecule has 0 fully saturated rings. The van der Waals surface area contributed by atoms with E-state index in [-0.39, 0.29) is 5.92 Å². The third-order valence-electron chi connectivity index (χ3n) is 3.23. The van der Waals surface area contributed by atoms with Gasteiger partial charge in [-0.25, -0.2) is 0 Å². The van der Waals surface area contributed by atoms with Gasteiger partial charge in [-0.15, -0.1) is 0 Å². The van der Waals surface area contributed by atoms with Gasteiger partial charge in [0.05, 0.1) is 18.8 Å². The summed E-state index contributed by atoms with van der Waals surface area (Å²) in [7, 11) is 0. The lowest BCUT2D eigenvalue weighted by Gasteiger charge is -2.26. The largest absolute Gasteiger partial charge is 0.494 e. The first kappa shape index (κ1) is 15.5. The number of ether oxygens (including phenoxy) is 1. The molecule has 0 aromatic heterocycles. The lowest BCUT2D eigenvalue weighted by Crippen LogP contribution is -2.31. The van der Waals surface area contributed by atoms with Crippen LogP contribution in [0, 0.1) is 5.92 Å². The topological polar surface area (TPSA) is 55.5 Å². The first-order valence-electron chi connectivity index (χ1n) is 6.37. The molecule has 0 spiro atoms. The van der Waals surface area contributed by atoms with Crippen molar-refractivity contribution in [1.82, 2.24) is 0 Å². The summed E-state index contributed by atoms with van der Waals surface area (Å²) in [6, 6.07) is 5.28. The van der Waals surface area contributed by atoms with Crippen molar-refractivity contribution in [1.29, 1.82) is 0 Å². The fourth-order valence-electron chi connectivity index (χ4n) is 1.85. The van der Waals surface area contributed by atoms with Crippen molar-refractivity contribution in [3.63, 3.8) is 0 Å². The Morgan fingerprint density at radius 3 is 2.61 bits per heavy atom. The van der Waals surface area contributed by atoms with E-state index in [4.69, 9.17) is 10.5 Å². The van der Waals surface area contributed by atoms with Gasteiger partial charge >= 0.3 is 0 Å². The van der Waals surface area contributed by atoms with Gasteiger partial charge in [0.2, 0.25) is 0 Å². The number of hydrogen-bond acceptors (Lipinski definition) is 3. The summed E-state index contributed by atoms with van der Waals surface area (Å²) in [5.41, 5.74) is 7.01. The molecule has 0 aliphatic carbocycles. The van der Waals surface area contributed by atoms with Gasteiger partial charge in [0.15, 0.2) is 0 Å². The number of rotatable bonds is 6. The number of halogens is 1. The van der Waals surface area contributed by atoms with Gasteiger partial charge in [0.1, 0.15) is 5.75 Å². The molecule has 0 bridgehead atoms. The van der Waals surface area contributed by atoms with Gasteiger partial charge in [-0.2, -0.15) is 0 Å². The summed E-state index contributed by atoms with van der Waals surface area (Å²) < 4.78 is 6.50. The lowest BCUT2D eigenvalue weighted by molar-refractivity contribution is 0.0868. The Hall–Kier alpha value is -0.580. The van der Waals surface area contributed by atoms with Crippen LogP contribution in [0.15, 0.2) is 22.7 Å². The third-order valence-corrected chi connectivity index (χ3v) is 3.72. The molecule has 3 nitrogen and oxygen atoms in total. The summed E-state index contributed by atoms with van der Waals surface area (Å²) in [6.07, 6.45) is 0.329. The quantitative estimate of drug-likeness (QED) is 0.847. The minimum atomic E-state index is -0.566. The van der Waals surface area contributed by atoms with Gasteiger partial charge in [0.25, 0.3) is 0 Å². The maximum Gasteiger partial charge on any atom is 0.124 e. The van der Waals surface area contributed by atoms with Gasteiger partial charge in [0, 0.05) is 10.0 Å². The summed E-state index contributed by atoms with van der Waals surface area (Å²) in [6.45, 7) is 6.57. The van der Waals surface area contributed by atoms with Crippen LogP contribution in [0.3, 0.4) is 0 Å². The summed E-state index contributed by atoms with van der Waals surface area (Å²) >= 11 is 3.43. The van der Waals surface area contributed by atoms with E-state index in [1.165, 1.54) is 0 Å². The zero-order valence-electron chi connectivity index (χ0n) is 11.2. The van der Waals surface area contributed by atoms with E-state index < -0.39 is 12.1 Å². The maximum atomic E-state index is 10.2. The molecule has 0 aliphatic rings. The number of hydrogen-bond donors (Lipinski definition) is 2. The highest BCUT2D eigenvalue weighted by atomic mass is 79.9. The van der Waals surface area contributed by atoms with E-state index >= 15 is 0 Å². The minimum Gasteiger partial charge on any atom is -0.494 e. The monoisotopic (exact) mass is 315 g/mol. The summed E-state index contributed by atoms with van der Waals surface area (Å²) in [5, 5.41) is 10.2. The van der Waals surface area contributed by atoms with Crippen molar-refractivity contribution in [3.05, 3.63) is 28.2 Å². The second-order valence-electron chi connectivity index (χ2n) is 4.52. The standard InChI is InChI=1S/C14H22BrNO2/c1-4-9(3)14(17)13(16)11-8-10(15)6-7-12(11)18-5-2/h6-9,13-14,17H,4-5,16H2,1-3H3/t9?,13-,14+/m1/s1. The Kier molecular flexibility index (Phi) is 6.12. The Morgan fingerprint density at radius 2 is 2.06 bits per heavy atom. The van der Waals surface area contributed by atoms with Crippen LogP contribution in [0.4, 0.5) is 0 Å². The van der Waals surface area contributed by atoms with Crippen molar-refractivity contribution >= 4 is 15.9 Å². The van der Waals surface area contributed by atoms with Crippen LogP contribution < -0.4 is 10.5 Å². The highest BCUT2D eigenvalue weighted by molar-refractivity contribution is 9.10. The van der Waals surface area contributed by atoms with Crippen molar-refractivity contribution in [2.45, 2.75) is 39.3 Å². The second kappa shape index (κ2) is 7.12. The average molecular weight is 316 g/mol. The van der Waals surface area contributed by atoms with Gasteiger partial charge in [-0.05, 0) is 31.0 Å². The van der Waals surface area contributed by atoms with Crippen LogP contribution in [-0.4, -0.2) is 17.8 Å². The molecular weight excluding hydrogens is 294 g/mol. The number of aliphatic hydroxyl groups excluding tert-OH is 1. The van der Waals surface area contributed by atoms with Crippen LogP contribution in [0.2, 0.25) is 0 Å². The normalized spacial score (nSPS) is 16.1. The molecule has 102 valence electrons. The Morgan fingerprint density at radius 1 is 1.39 bits per heavy atom. The van der Waals surface area contributed by atoms with Crippen LogP contribution in [0.25, 0.3) is 0 Å². The molecule has 3 N–H and O–H groups in total. The molecule has 4 heteroatoms. The van der Waals surface area contributed by atoms with Gasteiger partial charge in [-0.3, -0.25) is 0 Å². The smallest absolute Gasteiger partial charge is 0.124 e. The van der Waals surface area contributed by atoms with Crippen LogP contribution >= 0.6 is 15.9 Å². The fraction of sp³-hybridized carbons (Fsp3) is 0.571. The predicted molar refractivity (Wildman–Crippen MR) is 77.7 cm³/mol. The Bertz CT molecular complexity index is 384. The molecule has 0 amide bonds. The average Bonchev–Trinajstić information content (AvgIpc) is 2.38. The molecule has 0 heterocycles. The minimum absolute atomic E-state index is 0.161. The van der Waals surface area contributed by atoms with E-state index in [2.05, 4.69) is 15.9 Å². The lowest BCUT2D eigenvalue weighted by atomic mass is 9.91.